The number of hydrogen-bond donors (Lipinski definition) is 0. The van der Waals surface area contributed by atoms with Crippen LogP contribution < -0.4 is 4.74 Å². The van der Waals surface area contributed by atoms with E-state index >= 15 is 0 Å². The first-order valence-electron chi connectivity index (χ1n) is 7.09. The highest BCUT2D eigenvalue weighted by Crippen LogP contribution is 2.25. The van der Waals surface area contributed by atoms with Crippen LogP contribution in [0.3, 0.4) is 0 Å². The maximum atomic E-state index is 12.6. The Labute approximate surface area is 123 Å². The Balaban J connectivity index is 1.87. The topological polar surface area (TPSA) is 51.9 Å². The summed E-state index contributed by atoms with van der Waals surface area (Å²) in [7, 11) is 1.61. The Morgan fingerprint density at radius 3 is 2.62 bits per heavy atom. The van der Waals surface area contributed by atoms with Gasteiger partial charge in [-0.2, -0.15) is 0 Å². The minimum Gasteiger partial charge on any atom is -0.497 e. The predicted octanol–water partition coefficient (Wildman–Crippen LogP) is 2.69. The second kappa shape index (κ2) is 5.41. The van der Waals surface area contributed by atoms with Gasteiger partial charge in [0.15, 0.2) is 5.76 Å². The van der Waals surface area contributed by atoms with Crippen molar-refractivity contribution in [2.75, 3.05) is 20.2 Å². The van der Waals surface area contributed by atoms with E-state index in [1.165, 1.54) is 0 Å². The molecule has 1 aromatic carbocycles. The summed E-state index contributed by atoms with van der Waals surface area (Å²) in [5.74, 6) is 1.02. The summed E-state index contributed by atoms with van der Waals surface area (Å²) in [6, 6.07) is 7.26. The quantitative estimate of drug-likeness (QED) is 0.853. The maximum Gasteiger partial charge on any atom is 0.289 e. The highest BCUT2D eigenvalue weighted by Gasteiger charge is 2.28. The van der Waals surface area contributed by atoms with Crippen LogP contribution in [0.25, 0.3) is 11.0 Å². The van der Waals surface area contributed by atoms with Gasteiger partial charge in [-0.15, -0.1) is 0 Å². The first-order chi connectivity index (χ1) is 10.1. The largest absolute Gasteiger partial charge is 0.497 e. The van der Waals surface area contributed by atoms with Gasteiger partial charge in [0.05, 0.1) is 19.3 Å². The summed E-state index contributed by atoms with van der Waals surface area (Å²) in [6.07, 6.45) is 0.0874. The van der Waals surface area contributed by atoms with Crippen molar-refractivity contribution in [3.63, 3.8) is 0 Å². The van der Waals surface area contributed by atoms with E-state index in [4.69, 9.17) is 13.9 Å². The molecule has 1 aromatic heterocycles. The molecule has 0 N–H and O–H groups in total. The molecule has 0 aliphatic carbocycles. The molecule has 1 fully saturated rings. The molecule has 1 aliphatic heterocycles. The zero-order chi connectivity index (χ0) is 15.0. The standard InChI is InChI=1S/C16H19NO4/c1-10-8-17(9-11(2)20-10)16(18)15-7-12-6-13(19-3)4-5-14(12)21-15/h4-7,10-11H,8-9H2,1-3H3. The van der Waals surface area contributed by atoms with Gasteiger partial charge in [0, 0.05) is 18.5 Å². The van der Waals surface area contributed by atoms with Crippen molar-refractivity contribution in [3.8, 4) is 5.75 Å². The lowest BCUT2D eigenvalue weighted by Gasteiger charge is -2.34. The summed E-state index contributed by atoms with van der Waals surface area (Å²) >= 11 is 0. The van der Waals surface area contributed by atoms with Gasteiger partial charge >= 0.3 is 0 Å². The molecule has 5 nitrogen and oxygen atoms in total. The van der Waals surface area contributed by atoms with E-state index in [1.807, 2.05) is 32.0 Å². The van der Waals surface area contributed by atoms with Gasteiger partial charge in [0.25, 0.3) is 5.91 Å². The summed E-state index contributed by atoms with van der Waals surface area (Å²) in [4.78, 5) is 14.3. The molecule has 0 bridgehead atoms. The average molecular weight is 289 g/mol. The third-order valence-corrected chi connectivity index (χ3v) is 3.64. The SMILES string of the molecule is COc1ccc2oc(C(=O)N3CC(C)OC(C)C3)cc2c1. The molecule has 2 heterocycles. The summed E-state index contributed by atoms with van der Waals surface area (Å²) in [6.45, 7) is 5.12. The van der Waals surface area contributed by atoms with E-state index in [1.54, 1.807) is 18.1 Å². The molecule has 0 saturated carbocycles. The molecular formula is C16H19NO4. The lowest BCUT2D eigenvalue weighted by atomic mass is 10.2. The molecule has 1 saturated heterocycles. The predicted molar refractivity (Wildman–Crippen MR) is 78.7 cm³/mol. The zero-order valence-electron chi connectivity index (χ0n) is 12.5. The van der Waals surface area contributed by atoms with E-state index < -0.39 is 0 Å². The third-order valence-electron chi connectivity index (χ3n) is 3.64. The fraction of sp³-hybridized carbons (Fsp3) is 0.438. The van der Waals surface area contributed by atoms with Crippen molar-refractivity contribution in [2.24, 2.45) is 0 Å². The van der Waals surface area contributed by atoms with Gasteiger partial charge in [-0.3, -0.25) is 4.79 Å². The van der Waals surface area contributed by atoms with Crippen LogP contribution in [0.1, 0.15) is 24.4 Å². The second-order valence-corrected chi connectivity index (χ2v) is 5.48. The van der Waals surface area contributed by atoms with Crippen LogP contribution in [0, 0.1) is 0 Å². The lowest BCUT2D eigenvalue weighted by Crippen LogP contribution is -2.48. The number of furan rings is 1. The van der Waals surface area contributed by atoms with Crippen molar-refractivity contribution < 1.29 is 18.7 Å². The van der Waals surface area contributed by atoms with Crippen LogP contribution in [-0.4, -0.2) is 43.2 Å². The van der Waals surface area contributed by atoms with E-state index in [2.05, 4.69) is 0 Å². The van der Waals surface area contributed by atoms with Crippen LogP contribution in [0.15, 0.2) is 28.7 Å². The molecule has 2 aromatic rings. The van der Waals surface area contributed by atoms with Crippen molar-refractivity contribution in [1.82, 2.24) is 4.90 Å². The third kappa shape index (κ3) is 2.74. The van der Waals surface area contributed by atoms with Gasteiger partial charge in [-0.25, -0.2) is 0 Å². The molecule has 1 aliphatic rings. The molecule has 21 heavy (non-hydrogen) atoms. The summed E-state index contributed by atoms with van der Waals surface area (Å²) in [5, 5.41) is 0.868. The van der Waals surface area contributed by atoms with E-state index in [0.29, 0.717) is 24.4 Å². The Kier molecular flexibility index (Phi) is 3.59. The number of methoxy groups -OCH3 is 1. The highest BCUT2D eigenvalue weighted by atomic mass is 16.5. The Morgan fingerprint density at radius 2 is 1.95 bits per heavy atom. The number of fused-ring (bicyclic) bond motifs is 1. The number of morpholine rings is 1. The number of nitrogens with zero attached hydrogens (tertiary/aromatic N) is 1. The van der Waals surface area contributed by atoms with Crippen LogP contribution in [0.5, 0.6) is 5.75 Å². The molecule has 5 heteroatoms. The van der Waals surface area contributed by atoms with Gasteiger partial charge < -0.3 is 18.8 Å². The van der Waals surface area contributed by atoms with Gasteiger partial charge in [-0.05, 0) is 38.1 Å². The van der Waals surface area contributed by atoms with E-state index in [9.17, 15) is 4.79 Å². The van der Waals surface area contributed by atoms with Crippen LogP contribution >= 0.6 is 0 Å². The fourth-order valence-corrected chi connectivity index (χ4v) is 2.75. The summed E-state index contributed by atoms with van der Waals surface area (Å²) in [5.41, 5.74) is 0.688. The van der Waals surface area contributed by atoms with E-state index in [-0.39, 0.29) is 18.1 Å². The number of carbonyl (C=O) groups excluding carboxylic acids is 1. The maximum absolute atomic E-state index is 12.6. The number of rotatable bonds is 2. The highest BCUT2D eigenvalue weighted by molar-refractivity contribution is 5.96. The average Bonchev–Trinajstić information content (AvgIpc) is 2.88. The molecule has 112 valence electrons. The molecular weight excluding hydrogens is 270 g/mol. The van der Waals surface area contributed by atoms with Crippen molar-refractivity contribution in [3.05, 3.63) is 30.0 Å². The second-order valence-electron chi connectivity index (χ2n) is 5.48. The van der Waals surface area contributed by atoms with Gasteiger partial charge in [0.2, 0.25) is 0 Å². The van der Waals surface area contributed by atoms with Gasteiger partial charge in [0.1, 0.15) is 11.3 Å². The number of ether oxygens (including phenoxy) is 2. The minimum atomic E-state index is -0.0906. The van der Waals surface area contributed by atoms with Gasteiger partial charge in [-0.1, -0.05) is 0 Å². The first kappa shape index (κ1) is 13.9. The smallest absolute Gasteiger partial charge is 0.289 e. The first-order valence-corrected chi connectivity index (χ1v) is 7.09. The zero-order valence-corrected chi connectivity index (χ0v) is 12.5. The molecule has 0 spiro atoms. The van der Waals surface area contributed by atoms with Crippen molar-refractivity contribution in [2.45, 2.75) is 26.1 Å². The van der Waals surface area contributed by atoms with Crippen LogP contribution in [-0.2, 0) is 4.74 Å². The normalized spacial score (nSPS) is 22.5. The summed E-state index contributed by atoms with van der Waals surface area (Å²) < 4.78 is 16.5. The molecule has 3 rings (SSSR count). The van der Waals surface area contributed by atoms with Crippen LogP contribution in [0.2, 0.25) is 0 Å². The molecule has 1 amide bonds. The number of hydrogen-bond acceptors (Lipinski definition) is 4. The molecule has 2 atom stereocenters. The number of amides is 1. The van der Waals surface area contributed by atoms with Crippen molar-refractivity contribution >= 4 is 16.9 Å². The lowest BCUT2D eigenvalue weighted by molar-refractivity contribution is -0.0591. The fourth-order valence-electron chi connectivity index (χ4n) is 2.75. The Morgan fingerprint density at radius 1 is 1.24 bits per heavy atom. The van der Waals surface area contributed by atoms with E-state index in [0.717, 1.165) is 11.1 Å². The monoisotopic (exact) mass is 289 g/mol. The molecule has 2 unspecified atom stereocenters. The molecule has 0 radical (unpaired) electrons. The Hall–Kier alpha value is -2.01. The number of carbonyl (C=O) groups is 1. The van der Waals surface area contributed by atoms with Crippen LogP contribution in [0.4, 0.5) is 0 Å². The number of benzene rings is 1. The minimum absolute atomic E-state index is 0.0437. The van der Waals surface area contributed by atoms with Crippen molar-refractivity contribution in [1.29, 1.82) is 0 Å². The Bertz CT molecular complexity index is 653.